The fraction of sp³-hybridized carbons (Fsp3) is 0.444. The molecule has 0 aliphatic carbocycles. The van der Waals surface area contributed by atoms with Gasteiger partial charge < -0.3 is 10.0 Å². The van der Waals surface area contributed by atoms with Gasteiger partial charge >= 0.3 is 0 Å². The third-order valence-electron chi connectivity index (χ3n) is 4.97. The number of aryl methyl sites for hydroxylation is 1. The lowest BCUT2D eigenvalue weighted by Crippen LogP contribution is -2.47. The third kappa shape index (κ3) is 3.09. The monoisotopic (exact) mass is 391 g/mol. The van der Waals surface area contributed by atoms with Crippen LogP contribution in [0.1, 0.15) is 29.2 Å². The van der Waals surface area contributed by atoms with Crippen LogP contribution in [0.2, 0.25) is 5.02 Å². The van der Waals surface area contributed by atoms with E-state index < -0.39 is 0 Å². The number of hydrogen-bond acceptors (Lipinski definition) is 6. The zero-order valence-corrected chi connectivity index (χ0v) is 16.5. The number of rotatable bonds is 4. The van der Waals surface area contributed by atoms with Crippen molar-refractivity contribution in [1.29, 1.82) is 0 Å². The standard InChI is InChI=1S/C18H22ClN5OS/c1-3-22-8-10-23(11-9-22)15(13-6-4-5-7-14(13)19)16-17(25)24-18(26-16)20-12(2)21-24/h4-7,15,25H,3,8-11H2,1-2H3/t15-/m1/s1. The summed E-state index contributed by atoms with van der Waals surface area (Å²) in [4.78, 5) is 10.8. The largest absolute Gasteiger partial charge is 0.492 e. The Hall–Kier alpha value is -1.67. The molecule has 138 valence electrons. The van der Waals surface area contributed by atoms with Gasteiger partial charge in [-0.25, -0.2) is 4.98 Å². The van der Waals surface area contributed by atoms with E-state index in [-0.39, 0.29) is 11.9 Å². The summed E-state index contributed by atoms with van der Waals surface area (Å²) in [6, 6.07) is 7.78. The smallest absolute Gasteiger partial charge is 0.230 e. The van der Waals surface area contributed by atoms with Crippen molar-refractivity contribution in [2.24, 2.45) is 0 Å². The number of thiazole rings is 1. The Morgan fingerprint density at radius 2 is 1.96 bits per heavy atom. The Kier molecular flexibility index (Phi) is 4.88. The van der Waals surface area contributed by atoms with Crippen molar-refractivity contribution < 1.29 is 5.11 Å². The molecule has 3 heterocycles. The second kappa shape index (κ2) is 7.15. The predicted molar refractivity (Wildman–Crippen MR) is 104 cm³/mol. The van der Waals surface area contributed by atoms with E-state index >= 15 is 0 Å². The van der Waals surface area contributed by atoms with Crippen molar-refractivity contribution in [2.45, 2.75) is 19.9 Å². The van der Waals surface area contributed by atoms with Crippen molar-refractivity contribution in [3.05, 3.63) is 45.6 Å². The van der Waals surface area contributed by atoms with E-state index in [0.29, 0.717) is 15.8 Å². The first-order chi connectivity index (χ1) is 12.6. The maximum absolute atomic E-state index is 10.8. The number of aromatic nitrogens is 3. The van der Waals surface area contributed by atoms with Gasteiger partial charge in [0.15, 0.2) is 0 Å². The minimum absolute atomic E-state index is 0.100. The quantitative estimate of drug-likeness (QED) is 0.740. The molecule has 1 saturated heterocycles. The van der Waals surface area contributed by atoms with Gasteiger partial charge in [0, 0.05) is 31.2 Å². The Morgan fingerprint density at radius 3 is 2.62 bits per heavy atom. The van der Waals surface area contributed by atoms with Crippen molar-refractivity contribution in [2.75, 3.05) is 32.7 Å². The van der Waals surface area contributed by atoms with Crippen LogP contribution in [0.3, 0.4) is 0 Å². The summed E-state index contributed by atoms with van der Waals surface area (Å²) in [5.74, 6) is 0.817. The molecule has 26 heavy (non-hydrogen) atoms. The van der Waals surface area contributed by atoms with Gasteiger partial charge in [-0.3, -0.25) is 4.90 Å². The number of likely N-dealkylation sites (N-methyl/N-ethyl adjacent to an activating group) is 1. The van der Waals surface area contributed by atoms with Crippen LogP contribution >= 0.6 is 22.9 Å². The zero-order valence-electron chi connectivity index (χ0n) is 14.9. The molecular formula is C18H22ClN5OS. The number of aromatic hydroxyl groups is 1. The summed E-state index contributed by atoms with van der Waals surface area (Å²) in [5.41, 5.74) is 1.01. The van der Waals surface area contributed by atoms with Crippen LogP contribution in [0, 0.1) is 6.92 Å². The maximum atomic E-state index is 10.8. The molecule has 0 bridgehead atoms. The maximum Gasteiger partial charge on any atom is 0.230 e. The van der Waals surface area contributed by atoms with Crippen LogP contribution in [0.4, 0.5) is 0 Å². The number of fused-ring (bicyclic) bond motifs is 1. The number of nitrogens with zero attached hydrogens (tertiary/aromatic N) is 5. The van der Waals surface area contributed by atoms with Crippen LogP contribution in [0.25, 0.3) is 4.96 Å². The molecule has 1 fully saturated rings. The normalized spacial score (nSPS) is 17.8. The Bertz CT molecular complexity index is 916. The number of halogens is 1. The highest BCUT2D eigenvalue weighted by atomic mass is 35.5. The SMILES string of the molecule is CCN1CCN([C@H](c2ccccc2Cl)c2sc3nc(C)nn3c2O)CC1. The number of benzene rings is 1. The van der Waals surface area contributed by atoms with E-state index in [4.69, 9.17) is 11.6 Å². The van der Waals surface area contributed by atoms with Crippen LogP contribution in [0.15, 0.2) is 24.3 Å². The first-order valence-corrected chi connectivity index (χ1v) is 10.0. The second-order valence-electron chi connectivity index (χ2n) is 6.54. The van der Waals surface area contributed by atoms with E-state index in [2.05, 4.69) is 26.8 Å². The molecule has 4 rings (SSSR count). The van der Waals surface area contributed by atoms with Gasteiger partial charge in [-0.05, 0) is 25.1 Å². The van der Waals surface area contributed by atoms with Crippen molar-refractivity contribution in [3.8, 4) is 5.88 Å². The molecule has 1 aromatic carbocycles. The fourth-order valence-electron chi connectivity index (χ4n) is 3.56. The first kappa shape index (κ1) is 17.7. The average Bonchev–Trinajstić information content (AvgIpc) is 3.15. The molecule has 6 nitrogen and oxygen atoms in total. The lowest BCUT2D eigenvalue weighted by Gasteiger charge is -2.39. The van der Waals surface area contributed by atoms with Crippen LogP contribution in [-0.4, -0.2) is 62.2 Å². The Balaban J connectivity index is 1.78. The molecule has 0 saturated carbocycles. The summed E-state index contributed by atoms with van der Waals surface area (Å²) in [6.07, 6.45) is 0. The van der Waals surface area contributed by atoms with Gasteiger partial charge in [0.2, 0.25) is 10.8 Å². The third-order valence-corrected chi connectivity index (χ3v) is 6.39. The summed E-state index contributed by atoms with van der Waals surface area (Å²) in [5, 5.41) is 15.9. The molecule has 1 atom stereocenters. The summed E-state index contributed by atoms with van der Waals surface area (Å²) in [6.45, 7) is 8.96. The van der Waals surface area contributed by atoms with Gasteiger partial charge in [-0.1, -0.05) is 48.1 Å². The van der Waals surface area contributed by atoms with Gasteiger partial charge in [-0.15, -0.1) is 5.10 Å². The molecule has 3 aromatic rings. The minimum atomic E-state index is -0.100. The highest BCUT2D eigenvalue weighted by molar-refractivity contribution is 7.17. The molecule has 8 heteroatoms. The zero-order chi connectivity index (χ0) is 18.3. The van der Waals surface area contributed by atoms with E-state index in [9.17, 15) is 5.11 Å². The molecule has 1 aliphatic heterocycles. The molecule has 1 aliphatic rings. The summed E-state index contributed by atoms with van der Waals surface area (Å²) >= 11 is 8.02. The van der Waals surface area contributed by atoms with Crippen LogP contribution in [0.5, 0.6) is 5.88 Å². The van der Waals surface area contributed by atoms with E-state index in [1.165, 1.54) is 15.9 Å². The lowest BCUT2D eigenvalue weighted by atomic mass is 10.0. The van der Waals surface area contributed by atoms with E-state index in [0.717, 1.165) is 43.2 Å². The molecule has 0 radical (unpaired) electrons. The summed E-state index contributed by atoms with van der Waals surface area (Å²) in [7, 11) is 0. The lowest BCUT2D eigenvalue weighted by molar-refractivity contribution is 0.113. The molecule has 0 amide bonds. The van der Waals surface area contributed by atoms with Gasteiger partial charge in [0.05, 0.1) is 10.9 Å². The molecule has 0 unspecified atom stereocenters. The van der Waals surface area contributed by atoms with Gasteiger partial charge in [-0.2, -0.15) is 4.52 Å². The van der Waals surface area contributed by atoms with Crippen LogP contribution < -0.4 is 0 Å². The Labute approximate surface area is 161 Å². The van der Waals surface area contributed by atoms with E-state index in [1.54, 1.807) is 0 Å². The fourth-order valence-corrected chi connectivity index (χ4v) is 4.96. The van der Waals surface area contributed by atoms with Crippen molar-refractivity contribution >= 4 is 27.9 Å². The van der Waals surface area contributed by atoms with Crippen LogP contribution in [-0.2, 0) is 0 Å². The number of hydrogen-bond donors (Lipinski definition) is 1. The molecule has 2 aromatic heterocycles. The topological polar surface area (TPSA) is 56.9 Å². The molecule has 1 N–H and O–H groups in total. The Morgan fingerprint density at radius 1 is 1.23 bits per heavy atom. The van der Waals surface area contributed by atoms with Crippen molar-refractivity contribution in [3.63, 3.8) is 0 Å². The van der Waals surface area contributed by atoms with E-state index in [1.807, 2.05) is 31.2 Å². The van der Waals surface area contributed by atoms with Gasteiger partial charge in [0.25, 0.3) is 0 Å². The number of piperazine rings is 1. The van der Waals surface area contributed by atoms with Gasteiger partial charge in [0.1, 0.15) is 5.82 Å². The predicted octanol–water partition coefficient (Wildman–Crippen LogP) is 3.19. The molecular weight excluding hydrogens is 370 g/mol. The highest BCUT2D eigenvalue weighted by Crippen LogP contribution is 2.42. The summed E-state index contributed by atoms with van der Waals surface area (Å²) < 4.78 is 1.53. The minimum Gasteiger partial charge on any atom is -0.492 e. The first-order valence-electron chi connectivity index (χ1n) is 8.84. The average molecular weight is 392 g/mol. The van der Waals surface area contributed by atoms with Crippen molar-refractivity contribution in [1.82, 2.24) is 24.4 Å². The highest BCUT2D eigenvalue weighted by Gasteiger charge is 2.32. The second-order valence-corrected chi connectivity index (χ2v) is 7.95. The molecule has 0 spiro atoms.